The van der Waals surface area contributed by atoms with Crippen molar-refractivity contribution in [2.24, 2.45) is 0 Å². The maximum atomic E-state index is 12.8. The molecule has 7 heteroatoms. The largest absolute Gasteiger partial charge is 0.298 e. The number of anilines is 1. The van der Waals surface area contributed by atoms with Crippen molar-refractivity contribution < 1.29 is 4.79 Å². The van der Waals surface area contributed by atoms with E-state index >= 15 is 0 Å². The highest BCUT2D eigenvalue weighted by molar-refractivity contribution is 7.14. The molecule has 5 nitrogen and oxygen atoms in total. The van der Waals surface area contributed by atoms with Gasteiger partial charge in [-0.25, -0.2) is 9.67 Å². The number of rotatable bonds is 5. The minimum atomic E-state index is -0.309. The van der Waals surface area contributed by atoms with Crippen LogP contribution in [-0.2, 0) is 6.54 Å². The number of halogens is 1. The van der Waals surface area contributed by atoms with E-state index in [0.29, 0.717) is 28.1 Å². The number of aryl methyl sites for hydroxylation is 1. The molecule has 2 aromatic carbocycles. The first-order valence-corrected chi connectivity index (χ1v) is 9.96. The van der Waals surface area contributed by atoms with Gasteiger partial charge in [0, 0.05) is 10.9 Å². The molecular formula is C21H17ClN4OS. The predicted octanol–water partition coefficient (Wildman–Crippen LogP) is 5.27. The third-order valence-corrected chi connectivity index (χ3v) is 5.40. The maximum Gasteiger partial charge on any atom is 0.262 e. The average molecular weight is 409 g/mol. The van der Waals surface area contributed by atoms with Crippen molar-refractivity contribution >= 4 is 34.0 Å². The van der Waals surface area contributed by atoms with E-state index in [0.717, 1.165) is 16.8 Å². The molecule has 2 aromatic heterocycles. The monoisotopic (exact) mass is 408 g/mol. The number of hydrogen-bond donors (Lipinski definition) is 1. The van der Waals surface area contributed by atoms with E-state index in [1.54, 1.807) is 11.6 Å². The number of carbonyl (C=O) groups is 1. The molecule has 0 bridgehead atoms. The topological polar surface area (TPSA) is 59.8 Å². The first-order chi connectivity index (χ1) is 13.6. The normalized spacial score (nSPS) is 10.8. The SMILES string of the molecule is Cc1nn(Cc2ccccc2)c(Cl)c1C(=O)Nc1nc(-c2ccccc2)cs1. The van der Waals surface area contributed by atoms with Crippen molar-refractivity contribution in [3.05, 3.63) is 88.0 Å². The second-order valence-corrected chi connectivity index (χ2v) is 7.47. The number of hydrogen-bond acceptors (Lipinski definition) is 4. The Kier molecular flexibility index (Phi) is 5.23. The second-order valence-electron chi connectivity index (χ2n) is 6.25. The number of nitrogens with zero attached hydrogens (tertiary/aromatic N) is 3. The Morgan fingerprint density at radius 1 is 1.11 bits per heavy atom. The highest BCUT2D eigenvalue weighted by Crippen LogP contribution is 2.27. The van der Waals surface area contributed by atoms with Crippen LogP contribution in [0.15, 0.2) is 66.0 Å². The maximum absolute atomic E-state index is 12.8. The fraction of sp³-hybridized carbons (Fsp3) is 0.0952. The first kappa shape index (κ1) is 18.4. The Morgan fingerprint density at radius 2 is 1.79 bits per heavy atom. The van der Waals surface area contributed by atoms with Crippen molar-refractivity contribution in [1.29, 1.82) is 0 Å². The zero-order chi connectivity index (χ0) is 19.5. The number of amides is 1. The van der Waals surface area contributed by atoms with Crippen molar-refractivity contribution in [2.45, 2.75) is 13.5 Å². The molecule has 0 saturated heterocycles. The number of carbonyl (C=O) groups excluding carboxylic acids is 1. The van der Waals surface area contributed by atoms with Crippen LogP contribution in [0.2, 0.25) is 5.15 Å². The third-order valence-electron chi connectivity index (χ3n) is 4.26. The van der Waals surface area contributed by atoms with E-state index in [2.05, 4.69) is 15.4 Å². The molecule has 0 fully saturated rings. The molecule has 28 heavy (non-hydrogen) atoms. The van der Waals surface area contributed by atoms with Crippen molar-refractivity contribution in [3.8, 4) is 11.3 Å². The van der Waals surface area contributed by atoms with Crippen molar-refractivity contribution in [2.75, 3.05) is 5.32 Å². The van der Waals surface area contributed by atoms with Gasteiger partial charge in [-0.05, 0) is 12.5 Å². The van der Waals surface area contributed by atoms with Gasteiger partial charge in [-0.3, -0.25) is 10.1 Å². The summed E-state index contributed by atoms with van der Waals surface area (Å²) in [6.07, 6.45) is 0. The Labute approximate surface area is 171 Å². The molecule has 0 aliphatic carbocycles. The smallest absolute Gasteiger partial charge is 0.262 e. The summed E-state index contributed by atoms with van der Waals surface area (Å²) in [4.78, 5) is 17.3. The molecule has 0 aliphatic heterocycles. The summed E-state index contributed by atoms with van der Waals surface area (Å²) in [7, 11) is 0. The van der Waals surface area contributed by atoms with Gasteiger partial charge in [-0.2, -0.15) is 5.10 Å². The Morgan fingerprint density at radius 3 is 2.50 bits per heavy atom. The van der Waals surface area contributed by atoms with Crippen LogP contribution < -0.4 is 5.32 Å². The lowest BCUT2D eigenvalue weighted by molar-refractivity contribution is 0.102. The lowest BCUT2D eigenvalue weighted by atomic mass is 10.2. The summed E-state index contributed by atoms with van der Waals surface area (Å²) in [5.41, 5.74) is 3.84. The summed E-state index contributed by atoms with van der Waals surface area (Å²) < 4.78 is 1.64. The van der Waals surface area contributed by atoms with E-state index in [-0.39, 0.29) is 5.91 Å². The van der Waals surface area contributed by atoms with Gasteiger partial charge in [0.15, 0.2) is 5.13 Å². The van der Waals surface area contributed by atoms with Gasteiger partial charge >= 0.3 is 0 Å². The molecule has 0 aliphatic rings. The van der Waals surface area contributed by atoms with Gasteiger partial charge < -0.3 is 0 Å². The Hall–Kier alpha value is -2.96. The number of thiazole rings is 1. The molecule has 1 amide bonds. The quantitative estimate of drug-likeness (QED) is 0.489. The van der Waals surface area contributed by atoms with Gasteiger partial charge in [0.2, 0.25) is 0 Å². The number of nitrogens with one attached hydrogen (secondary N) is 1. The fourth-order valence-electron chi connectivity index (χ4n) is 2.90. The summed E-state index contributed by atoms with van der Waals surface area (Å²) in [5, 5.41) is 10.0. The Bertz CT molecular complexity index is 1110. The molecule has 4 rings (SSSR count). The molecule has 0 unspecified atom stereocenters. The average Bonchev–Trinajstić information content (AvgIpc) is 3.28. The summed E-state index contributed by atoms with van der Waals surface area (Å²) in [5.74, 6) is -0.309. The number of benzene rings is 2. The summed E-state index contributed by atoms with van der Waals surface area (Å²) in [6, 6.07) is 19.7. The molecular weight excluding hydrogens is 392 g/mol. The van der Waals surface area contributed by atoms with Crippen molar-refractivity contribution in [3.63, 3.8) is 0 Å². The molecule has 0 saturated carbocycles. The zero-order valence-electron chi connectivity index (χ0n) is 15.1. The Balaban J connectivity index is 1.53. The van der Waals surface area contributed by atoms with Crippen LogP contribution in [0, 0.1) is 6.92 Å². The van der Waals surface area contributed by atoms with Gasteiger partial charge in [0.25, 0.3) is 5.91 Å². The van der Waals surface area contributed by atoms with E-state index in [9.17, 15) is 4.79 Å². The van der Waals surface area contributed by atoms with Crippen LogP contribution >= 0.6 is 22.9 Å². The van der Waals surface area contributed by atoms with Crippen molar-refractivity contribution in [1.82, 2.24) is 14.8 Å². The van der Waals surface area contributed by atoms with E-state index in [4.69, 9.17) is 11.6 Å². The zero-order valence-corrected chi connectivity index (χ0v) is 16.7. The minimum Gasteiger partial charge on any atom is -0.298 e. The number of aromatic nitrogens is 3. The van der Waals surface area contributed by atoms with E-state index < -0.39 is 0 Å². The minimum absolute atomic E-state index is 0.309. The summed E-state index contributed by atoms with van der Waals surface area (Å²) in [6.45, 7) is 2.28. The standard InChI is InChI=1S/C21H17ClN4OS/c1-14-18(19(22)26(25-14)12-15-8-4-2-5-9-15)20(27)24-21-23-17(13-28-21)16-10-6-3-7-11-16/h2-11,13H,12H2,1H3,(H,23,24,27). The fourth-order valence-corrected chi connectivity index (χ4v) is 3.94. The van der Waals surface area contributed by atoms with E-state index in [1.807, 2.05) is 66.0 Å². The molecule has 1 N–H and O–H groups in total. The molecule has 4 aromatic rings. The van der Waals surface area contributed by atoms with Crippen LogP contribution in [-0.4, -0.2) is 20.7 Å². The van der Waals surface area contributed by atoms with Crippen LogP contribution in [0.5, 0.6) is 0 Å². The highest BCUT2D eigenvalue weighted by Gasteiger charge is 2.21. The predicted molar refractivity (Wildman–Crippen MR) is 113 cm³/mol. The first-order valence-electron chi connectivity index (χ1n) is 8.71. The lowest BCUT2D eigenvalue weighted by Crippen LogP contribution is -2.13. The van der Waals surface area contributed by atoms with Crippen LogP contribution in [0.1, 0.15) is 21.6 Å². The van der Waals surface area contributed by atoms with Gasteiger partial charge in [-0.1, -0.05) is 72.3 Å². The molecule has 140 valence electrons. The third kappa shape index (κ3) is 3.83. The van der Waals surface area contributed by atoms with Crippen LogP contribution in [0.25, 0.3) is 11.3 Å². The molecule has 2 heterocycles. The van der Waals surface area contributed by atoms with Gasteiger partial charge in [-0.15, -0.1) is 11.3 Å². The summed E-state index contributed by atoms with van der Waals surface area (Å²) >= 11 is 7.84. The van der Waals surface area contributed by atoms with Gasteiger partial charge in [0.1, 0.15) is 5.15 Å². The van der Waals surface area contributed by atoms with Gasteiger partial charge in [0.05, 0.1) is 23.5 Å². The van der Waals surface area contributed by atoms with Crippen LogP contribution in [0.3, 0.4) is 0 Å². The molecule has 0 atom stereocenters. The molecule has 0 radical (unpaired) electrons. The molecule has 0 spiro atoms. The highest BCUT2D eigenvalue weighted by atomic mass is 35.5. The lowest BCUT2D eigenvalue weighted by Gasteiger charge is -2.04. The van der Waals surface area contributed by atoms with E-state index in [1.165, 1.54) is 11.3 Å². The van der Waals surface area contributed by atoms with Crippen LogP contribution in [0.4, 0.5) is 5.13 Å². The second kappa shape index (κ2) is 7.96.